The number of nitrogens with one attached hydrogen (secondary N) is 2. The molecule has 0 aliphatic heterocycles. The van der Waals surface area contributed by atoms with Crippen molar-refractivity contribution < 1.29 is 19.1 Å². The van der Waals surface area contributed by atoms with Gasteiger partial charge in [-0.25, -0.2) is 5.43 Å². The summed E-state index contributed by atoms with van der Waals surface area (Å²) in [5.74, 6) is 0.448. The van der Waals surface area contributed by atoms with Crippen LogP contribution in [0.1, 0.15) is 11.1 Å². The van der Waals surface area contributed by atoms with Gasteiger partial charge < -0.3 is 14.8 Å². The summed E-state index contributed by atoms with van der Waals surface area (Å²) in [4.78, 5) is 23.9. The van der Waals surface area contributed by atoms with E-state index in [-0.39, 0.29) is 19.1 Å². The molecule has 2 N–H and O–H groups in total. The Hall–Kier alpha value is -3.84. The van der Waals surface area contributed by atoms with Crippen molar-refractivity contribution in [2.75, 3.05) is 18.5 Å². The number of nitrogens with zero attached hydrogens (tertiary/aromatic N) is 1. The first kappa shape index (κ1) is 22.8. The fraction of sp³-hybridized carbons (Fsp3) is 0.125. The Balaban J connectivity index is 1.39. The fourth-order valence-corrected chi connectivity index (χ4v) is 2.72. The highest BCUT2D eigenvalue weighted by molar-refractivity contribution is 6.30. The second-order valence-electron chi connectivity index (χ2n) is 6.76. The predicted molar refractivity (Wildman–Crippen MR) is 124 cm³/mol. The quantitative estimate of drug-likeness (QED) is 0.377. The van der Waals surface area contributed by atoms with Gasteiger partial charge in [0.2, 0.25) is 0 Å². The lowest BCUT2D eigenvalue weighted by atomic mass is 10.2. The number of halogens is 1. The number of amides is 2. The van der Waals surface area contributed by atoms with Crippen molar-refractivity contribution in [2.24, 2.45) is 5.10 Å². The van der Waals surface area contributed by atoms with Crippen molar-refractivity contribution >= 4 is 35.3 Å². The molecule has 3 aromatic carbocycles. The molecule has 2 amide bonds. The molecule has 0 spiro atoms. The average molecular weight is 452 g/mol. The number of carbonyl (C=O) groups is 2. The standard InChI is InChI=1S/C24H22ClN3O4/c1-17-4-2-3-5-22(17)27-23(29)15-31-20-10-6-18(7-11-20)14-26-28-24(30)16-32-21-12-8-19(25)9-13-21/h2-14H,15-16H2,1H3,(H,27,29)(H,28,30)/b26-14-. The van der Waals surface area contributed by atoms with E-state index in [9.17, 15) is 9.59 Å². The van der Waals surface area contributed by atoms with E-state index in [1.807, 2.05) is 31.2 Å². The van der Waals surface area contributed by atoms with Crippen LogP contribution in [0.15, 0.2) is 77.9 Å². The van der Waals surface area contributed by atoms with Crippen molar-refractivity contribution in [3.8, 4) is 11.5 Å². The molecule has 0 saturated heterocycles. The summed E-state index contributed by atoms with van der Waals surface area (Å²) in [5, 5.41) is 7.30. The molecule has 7 nitrogen and oxygen atoms in total. The number of rotatable bonds is 9. The normalized spacial score (nSPS) is 10.6. The number of benzene rings is 3. The number of aryl methyl sites for hydroxylation is 1. The third-order valence-corrected chi connectivity index (χ3v) is 4.51. The molecule has 32 heavy (non-hydrogen) atoms. The highest BCUT2D eigenvalue weighted by atomic mass is 35.5. The summed E-state index contributed by atoms with van der Waals surface area (Å²) < 4.78 is 10.8. The Morgan fingerprint density at radius 2 is 1.47 bits per heavy atom. The van der Waals surface area contributed by atoms with Crippen molar-refractivity contribution in [2.45, 2.75) is 6.92 Å². The van der Waals surface area contributed by atoms with Crippen LogP contribution in [0, 0.1) is 6.92 Å². The molecule has 3 aromatic rings. The molecule has 0 unspecified atom stereocenters. The predicted octanol–water partition coefficient (Wildman–Crippen LogP) is 4.20. The van der Waals surface area contributed by atoms with E-state index in [1.54, 1.807) is 48.5 Å². The Morgan fingerprint density at radius 3 is 2.12 bits per heavy atom. The Morgan fingerprint density at radius 1 is 0.875 bits per heavy atom. The minimum Gasteiger partial charge on any atom is -0.484 e. The zero-order valence-electron chi connectivity index (χ0n) is 17.4. The first-order chi connectivity index (χ1) is 15.5. The molecule has 0 aromatic heterocycles. The zero-order chi connectivity index (χ0) is 22.8. The van der Waals surface area contributed by atoms with Gasteiger partial charge in [-0.15, -0.1) is 0 Å². The third-order valence-electron chi connectivity index (χ3n) is 4.26. The number of hydrogen-bond acceptors (Lipinski definition) is 5. The molecule has 8 heteroatoms. The second kappa shape index (κ2) is 11.5. The molecule has 0 aliphatic rings. The maximum Gasteiger partial charge on any atom is 0.277 e. The van der Waals surface area contributed by atoms with Crippen LogP contribution < -0.4 is 20.2 Å². The highest BCUT2D eigenvalue weighted by Gasteiger charge is 2.05. The minimum atomic E-state index is -0.393. The number of anilines is 1. The largest absolute Gasteiger partial charge is 0.484 e. The lowest BCUT2D eigenvalue weighted by Crippen LogP contribution is -2.24. The number of para-hydroxylation sites is 1. The Labute approximate surface area is 191 Å². The van der Waals surface area contributed by atoms with Gasteiger partial charge in [0.15, 0.2) is 13.2 Å². The summed E-state index contributed by atoms with van der Waals surface area (Å²) in [6.07, 6.45) is 1.49. The summed E-state index contributed by atoms with van der Waals surface area (Å²) in [6, 6.07) is 21.2. The van der Waals surface area contributed by atoms with E-state index in [0.29, 0.717) is 16.5 Å². The van der Waals surface area contributed by atoms with Gasteiger partial charge in [0.1, 0.15) is 11.5 Å². The molecule has 0 atom stereocenters. The van der Waals surface area contributed by atoms with Gasteiger partial charge in [0, 0.05) is 10.7 Å². The van der Waals surface area contributed by atoms with Crippen LogP contribution >= 0.6 is 11.6 Å². The number of hydrazone groups is 1. The molecule has 0 saturated carbocycles. The van der Waals surface area contributed by atoms with Gasteiger partial charge in [-0.3, -0.25) is 9.59 Å². The molecular weight excluding hydrogens is 430 g/mol. The van der Waals surface area contributed by atoms with E-state index in [0.717, 1.165) is 16.8 Å². The topological polar surface area (TPSA) is 89.0 Å². The SMILES string of the molecule is Cc1ccccc1NC(=O)COc1ccc(/C=N\NC(=O)COc2ccc(Cl)cc2)cc1. The minimum absolute atomic E-state index is 0.106. The van der Waals surface area contributed by atoms with E-state index >= 15 is 0 Å². The van der Waals surface area contributed by atoms with Crippen molar-refractivity contribution in [3.63, 3.8) is 0 Å². The lowest BCUT2D eigenvalue weighted by molar-refractivity contribution is -0.123. The lowest BCUT2D eigenvalue weighted by Gasteiger charge is -2.09. The third kappa shape index (κ3) is 7.45. The van der Waals surface area contributed by atoms with E-state index < -0.39 is 5.91 Å². The Bertz CT molecular complexity index is 1080. The first-order valence-corrected chi connectivity index (χ1v) is 10.2. The van der Waals surface area contributed by atoms with Crippen LogP contribution in [0.25, 0.3) is 0 Å². The van der Waals surface area contributed by atoms with Gasteiger partial charge in [0.05, 0.1) is 6.21 Å². The van der Waals surface area contributed by atoms with Crippen LogP contribution in [-0.4, -0.2) is 31.2 Å². The maximum atomic E-state index is 12.1. The van der Waals surface area contributed by atoms with E-state index in [4.69, 9.17) is 21.1 Å². The van der Waals surface area contributed by atoms with Crippen molar-refractivity contribution in [1.29, 1.82) is 0 Å². The molecule has 0 heterocycles. The second-order valence-corrected chi connectivity index (χ2v) is 7.19. The molecular formula is C24H22ClN3O4. The molecule has 0 bridgehead atoms. The molecule has 3 rings (SSSR count). The first-order valence-electron chi connectivity index (χ1n) is 9.78. The van der Waals surface area contributed by atoms with Gasteiger partial charge in [0.25, 0.3) is 11.8 Å². The van der Waals surface area contributed by atoms with E-state index in [2.05, 4.69) is 15.8 Å². The van der Waals surface area contributed by atoms with Crippen LogP contribution in [0.4, 0.5) is 5.69 Å². The van der Waals surface area contributed by atoms with Gasteiger partial charge in [-0.05, 0) is 72.6 Å². The van der Waals surface area contributed by atoms with E-state index in [1.165, 1.54) is 6.21 Å². The van der Waals surface area contributed by atoms with Crippen molar-refractivity contribution in [1.82, 2.24) is 5.43 Å². The maximum absolute atomic E-state index is 12.1. The van der Waals surface area contributed by atoms with Gasteiger partial charge in [-0.2, -0.15) is 5.10 Å². The van der Waals surface area contributed by atoms with Gasteiger partial charge >= 0.3 is 0 Å². The molecule has 0 fully saturated rings. The van der Waals surface area contributed by atoms with Gasteiger partial charge in [-0.1, -0.05) is 29.8 Å². The number of hydrogen-bond donors (Lipinski definition) is 2. The summed E-state index contributed by atoms with van der Waals surface area (Å²) >= 11 is 5.80. The van der Waals surface area contributed by atoms with Crippen LogP contribution in [0.2, 0.25) is 5.02 Å². The summed E-state index contributed by atoms with van der Waals surface area (Å²) in [6.45, 7) is 1.65. The van der Waals surface area contributed by atoms with Crippen molar-refractivity contribution in [3.05, 3.63) is 88.9 Å². The number of carbonyl (C=O) groups excluding carboxylic acids is 2. The average Bonchev–Trinajstić information content (AvgIpc) is 2.80. The summed E-state index contributed by atoms with van der Waals surface area (Å²) in [7, 11) is 0. The van der Waals surface area contributed by atoms with Crippen LogP contribution in [0.5, 0.6) is 11.5 Å². The molecule has 0 aliphatic carbocycles. The fourth-order valence-electron chi connectivity index (χ4n) is 2.59. The molecule has 0 radical (unpaired) electrons. The Kier molecular flexibility index (Phi) is 8.22. The smallest absolute Gasteiger partial charge is 0.277 e. The number of ether oxygens (including phenoxy) is 2. The zero-order valence-corrected chi connectivity index (χ0v) is 18.1. The van der Waals surface area contributed by atoms with Crippen LogP contribution in [-0.2, 0) is 9.59 Å². The molecule has 164 valence electrons. The summed E-state index contributed by atoms with van der Waals surface area (Å²) in [5.41, 5.74) is 4.88. The highest BCUT2D eigenvalue weighted by Crippen LogP contribution is 2.16. The monoisotopic (exact) mass is 451 g/mol. The van der Waals surface area contributed by atoms with Crippen LogP contribution in [0.3, 0.4) is 0 Å².